The zero-order valence-electron chi connectivity index (χ0n) is 10.2. The van der Waals surface area contributed by atoms with Gasteiger partial charge in [0.15, 0.2) is 0 Å². The summed E-state index contributed by atoms with van der Waals surface area (Å²) in [4.78, 5) is 10.5. The summed E-state index contributed by atoms with van der Waals surface area (Å²) in [5.41, 5.74) is 0.600. The number of benzene rings is 2. The number of hydrogen-bond donors (Lipinski definition) is 0. The molecule has 0 aromatic heterocycles. The Morgan fingerprint density at radius 3 is 2.26 bits per heavy atom. The van der Waals surface area contributed by atoms with Crippen LogP contribution in [0.25, 0.3) is 0 Å². The van der Waals surface area contributed by atoms with E-state index in [0.717, 1.165) is 6.29 Å². The summed E-state index contributed by atoms with van der Waals surface area (Å²) in [5.74, 6) is 0.802. The van der Waals surface area contributed by atoms with Gasteiger partial charge in [0, 0.05) is 11.6 Å². The number of carbonyl (C=O) groups is 1. The van der Waals surface area contributed by atoms with E-state index in [-0.39, 0.29) is 5.82 Å². The van der Waals surface area contributed by atoms with E-state index in [1.165, 1.54) is 12.1 Å². The molecule has 0 radical (unpaired) electrons. The number of hydrogen-bond acceptors (Lipinski definition) is 3. The smallest absolute Gasteiger partial charge is 0.150 e. The lowest BCUT2D eigenvalue weighted by molar-refractivity contribution is 0.112. The van der Waals surface area contributed by atoms with Crippen LogP contribution in [0, 0.1) is 5.82 Å². The number of ether oxygens (including phenoxy) is 2. The van der Waals surface area contributed by atoms with Crippen LogP contribution in [-0.4, -0.2) is 19.5 Å². The first-order valence-corrected chi connectivity index (χ1v) is 5.84. The van der Waals surface area contributed by atoms with Crippen LogP contribution in [0.5, 0.6) is 11.5 Å². The number of carbonyl (C=O) groups excluding carboxylic acids is 1. The average molecular weight is 260 g/mol. The van der Waals surface area contributed by atoms with Gasteiger partial charge in [0.2, 0.25) is 0 Å². The molecule has 0 unspecified atom stereocenters. The van der Waals surface area contributed by atoms with Crippen LogP contribution in [0.15, 0.2) is 48.5 Å². The third-order valence-corrected chi connectivity index (χ3v) is 2.43. The monoisotopic (exact) mass is 260 g/mol. The van der Waals surface area contributed by atoms with E-state index in [2.05, 4.69) is 0 Å². The third kappa shape index (κ3) is 4.10. The van der Waals surface area contributed by atoms with Crippen molar-refractivity contribution in [2.75, 3.05) is 13.2 Å². The van der Waals surface area contributed by atoms with E-state index in [1.807, 2.05) is 0 Å². The van der Waals surface area contributed by atoms with Crippen LogP contribution in [0.3, 0.4) is 0 Å². The molecule has 0 amide bonds. The molecule has 19 heavy (non-hydrogen) atoms. The van der Waals surface area contributed by atoms with Gasteiger partial charge >= 0.3 is 0 Å². The molecule has 0 aliphatic heterocycles. The minimum absolute atomic E-state index is 0.318. The van der Waals surface area contributed by atoms with Crippen molar-refractivity contribution in [1.29, 1.82) is 0 Å². The lowest BCUT2D eigenvalue weighted by atomic mass is 10.2. The first-order chi connectivity index (χ1) is 9.28. The second-order valence-electron chi connectivity index (χ2n) is 3.84. The zero-order valence-corrected chi connectivity index (χ0v) is 10.2. The molecule has 0 fully saturated rings. The maximum atomic E-state index is 12.9. The molecule has 3 nitrogen and oxygen atoms in total. The van der Waals surface area contributed by atoms with E-state index < -0.39 is 0 Å². The van der Waals surface area contributed by atoms with Crippen LogP contribution < -0.4 is 9.47 Å². The second kappa shape index (κ2) is 6.54. The standard InChI is InChI=1S/C15H13FO3/c16-13-2-1-3-15(10-13)19-9-8-18-14-6-4-12(11-17)5-7-14/h1-7,10-11H,8-9H2. The SMILES string of the molecule is O=Cc1ccc(OCCOc2cccc(F)c2)cc1. The summed E-state index contributed by atoms with van der Waals surface area (Å²) in [6, 6.07) is 12.7. The number of halogens is 1. The van der Waals surface area contributed by atoms with Gasteiger partial charge in [-0.15, -0.1) is 0 Å². The Bertz CT molecular complexity index is 537. The molecule has 0 aliphatic rings. The first-order valence-electron chi connectivity index (χ1n) is 5.84. The van der Waals surface area contributed by atoms with Crippen molar-refractivity contribution < 1.29 is 18.7 Å². The van der Waals surface area contributed by atoms with E-state index in [0.29, 0.717) is 30.3 Å². The van der Waals surface area contributed by atoms with Gasteiger partial charge in [-0.1, -0.05) is 6.07 Å². The van der Waals surface area contributed by atoms with Crippen molar-refractivity contribution in [2.24, 2.45) is 0 Å². The van der Waals surface area contributed by atoms with Crippen LogP contribution in [0.2, 0.25) is 0 Å². The molecule has 0 spiro atoms. The van der Waals surface area contributed by atoms with Crippen LogP contribution in [0.1, 0.15) is 10.4 Å². The molecule has 0 heterocycles. The largest absolute Gasteiger partial charge is 0.490 e. The van der Waals surface area contributed by atoms with Crippen molar-refractivity contribution in [3.05, 3.63) is 59.9 Å². The summed E-state index contributed by atoms with van der Waals surface area (Å²) >= 11 is 0. The van der Waals surface area contributed by atoms with Gasteiger partial charge in [-0.3, -0.25) is 4.79 Å². The van der Waals surface area contributed by atoms with Gasteiger partial charge in [-0.2, -0.15) is 0 Å². The predicted molar refractivity (Wildman–Crippen MR) is 69.2 cm³/mol. The molecule has 0 saturated heterocycles. The fourth-order valence-corrected chi connectivity index (χ4v) is 1.52. The Morgan fingerprint density at radius 1 is 0.947 bits per heavy atom. The van der Waals surface area contributed by atoms with Gasteiger partial charge in [0.25, 0.3) is 0 Å². The quantitative estimate of drug-likeness (QED) is 0.591. The molecule has 0 saturated carbocycles. The van der Waals surface area contributed by atoms with Gasteiger partial charge in [0.05, 0.1) is 0 Å². The zero-order chi connectivity index (χ0) is 13.5. The topological polar surface area (TPSA) is 35.5 Å². The van der Waals surface area contributed by atoms with Crippen LogP contribution >= 0.6 is 0 Å². The van der Waals surface area contributed by atoms with Gasteiger partial charge in [-0.05, 0) is 36.4 Å². The van der Waals surface area contributed by atoms with Crippen LogP contribution in [0.4, 0.5) is 4.39 Å². The Labute approximate surface area is 110 Å². The van der Waals surface area contributed by atoms with Crippen LogP contribution in [-0.2, 0) is 0 Å². The summed E-state index contributed by atoms with van der Waals surface area (Å²) < 4.78 is 23.6. The Kier molecular flexibility index (Phi) is 4.50. The Hall–Kier alpha value is -2.36. The second-order valence-corrected chi connectivity index (χ2v) is 3.84. The van der Waals surface area contributed by atoms with E-state index in [9.17, 15) is 9.18 Å². The Morgan fingerprint density at radius 2 is 1.63 bits per heavy atom. The molecule has 0 atom stereocenters. The molecular weight excluding hydrogens is 247 g/mol. The highest BCUT2D eigenvalue weighted by atomic mass is 19.1. The van der Waals surface area contributed by atoms with E-state index in [4.69, 9.17) is 9.47 Å². The van der Waals surface area contributed by atoms with Gasteiger partial charge in [-0.25, -0.2) is 4.39 Å². The molecule has 2 rings (SSSR count). The minimum atomic E-state index is -0.331. The fraction of sp³-hybridized carbons (Fsp3) is 0.133. The average Bonchev–Trinajstić information content (AvgIpc) is 2.44. The van der Waals surface area contributed by atoms with Crippen molar-refractivity contribution >= 4 is 6.29 Å². The predicted octanol–water partition coefficient (Wildman–Crippen LogP) is 3.10. The molecule has 0 bridgehead atoms. The van der Waals surface area contributed by atoms with Crippen molar-refractivity contribution in [2.45, 2.75) is 0 Å². The van der Waals surface area contributed by atoms with E-state index >= 15 is 0 Å². The van der Waals surface area contributed by atoms with Crippen molar-refractivity contribution in [3.63, 3.8) is 0 Å². The lowest BCUT2D eigenvalue weighted by Crippen LogP contribution is -2.09. The van der Waals surface area contributed by atoms with Crippen molar-refractivity contribution in [3.8, 4) is 11.5 Å². The molecular formula is C15H13FO3. The molecule has 4 heteroatoms. The lowest BCUT2D eigenvalue weighted by Gasteiger charge is -2.08. The minimum Gasteiger partial charge on any atom is -0.490 e. The molecule has 0 N–H and O–H groups in total. The maximum Gasteiger partial charge on any atom is 0.150 e. The van der Waals surface area contributed by atoms with E-state index in [1.54, 1.807) is 36.4 Å². The molecule has 2 aromatic rings. The highest BCUT2D eigenvalue weighted by molar-refractivity contribution is 5.74. The molecule has 98 valence electrons. The fourth-order valence-electron chi connectivity index (χ4n) is 1.52. The van der Waals surface area contributed by atoms with Gasteiger partial charge < -0.3 is 9.47 Å². The maximum absolute atomic E-state index is 12.9. The van der Waals surface area contributed by atoms with Gasteiger partial charge in [0.1, 0.15) is 36.8 Å². The summed E-state index contributed by atoms with van der Waals surface area (Å²) in [6.07, 6.45) is 0.775. The number of aldehydes is 1. The summed E-state index contributed by atoms with van der Waals surface area (Å²) in [7, 11) is 0. The highest BCUT2D eigenvalue weighted by Crippen LogP contribution is 2.13. The first kappa shape index (κ1) is 13.1. The summed E-state index contributed by atoms with van der Waals surface area (Å²) in [5, 5.41) is 0. The number of rotatable bonds is 6. The summed E-state index contributed by atoms with van der Waals surface area (Å²) in [6.45, 7) is 0.663. The normalized spacial score (nSPS) is 9.95. The third-order valence-electron chi connectivity index (χ3n) is 2.43. The molecule has 0 aliphatic carbocycles. The Balaban J connectivity index is 1.75. The van der Waals surface area contributed by atoms with Crippen molar-refractivity contribution in [1.82, 2.24) is 0 Å². The highest BCUT2D eigenvalue weighted by Gasteiger charge is 1.97. The molecule has 2 aromatic carbocycles.